The molecule has 2 aromatic rings. The highest BCUT2D eigenvalue weighted by Crippen LogP contribution is 2.33. The SMILES string of the molecule is Cn1cc(C(F)(F)F)nc1-c1ccc(CN2N=C3CCC4=C3C(=N2)C(N)=NCC4)cc1. The summed E-state index contributed by atoms with van der Waals surface area (Å²) in [5.74, 6) is 0.697. The number of benzene rings is 1. The molecule has 1 aromatic heterocycles. The van der Waals surface area contributed by atoms with E-state index >= 15 is 0 Å². The third-order valence-electron chi connectivity index (χ3n) is 5.64. The number of alkyl halides is 3. The van der Waals surface area contributed by atoms with Crippen LogP contribution in [-0.4, -0.2) is 38.5 Å². The standard InChI is InChI=1S/C21H20F3N7/c1-30-11-16(21(22,23)24)27-20(30)14-4-2-12(3-5-14)10-31-28-15-7-6-13-8-9-26-19(25)18(29-31)17(13)15/h2-5,11H,6-10H2,1H3,(H2,25,26). The maximum atomic E-state index is 12.9. The first kappa shape index (κ1) is 19.5. The number of hydrazone groups is 2. The van der Waals surface area contributed by atoms with Crippen LogP contribution < -0.4 is 5.73 Å². The van der Waals surface area contributed by atoms with Gasteiger partial charge in [0, 0.05) is 30.9 Å². The van der Waals surface area contributed by atoms with Gasteiger partial charge in [0.05, 0.1) is 12.3 Å². The third-order valence-corrected chi connectivity index (χ3v) is 5.64. The molecule has 0 saturated carbocycles. The van der Waals surface area contributed by atoms with Crippen molar-refractivity contribution in [1.82, 2.24) is 14.7 Å². The lowest BCUT2D eigenvalue weighted by atomic mass is 10.0. The highest BCUT2D eigenvalue weighted by Gasteiger charge is 2.35. The van der Waals surface area contributed by atoms with E-state index in [1.807, 2.05) is 12.1 Å². The van der Waals surface area contributed by atoms with Crippen LogP contribution >= 0.6 is 0 Å². The lowest BCUT2D eigenvalue weighted by molar-refractivity contribution is -0.140. The van der Waals surface area contributed by atoms with Gasteiger partial charge in [0.2, 0.25) is 0 Å². The van der Waals surface area contributed by atoms with E-state index < -0.39 is 11.9 Å². The maximum Gasteiger partial charge on any atom is 0.434 e. The molecule has 2 N–H and O–H groups in total. The Morgan fingerprint density at radius 2 is 1.84 bits per heavy atom. The maximum absolute atomic E-state index is 12.9. The van der Waals surface area contributed by atoms with Crippen LogP contribution in [0.5, 0.6) is 0 Å². The molecule has 0 amide bonds. The summed E-state index contributed by atoms with van der Waals surface area (Å²) >= 11 is 0. The highest BCUT2D eigenvalue weighted by molar-refractivity contribution is 6.54. The van der Waals surface area contributed by atoms with Crippen LogP contribution in [0.15, 0.2) is 56.8 Å². The largest absolute Gasteiger partial charge is 0.434 e. The van der Waals surface area contributed by atoms with E-state index in [4.69, 9.17) is 5.73 Å². The average Bonchev–Trinajstić information content (AvgIpc) is 3.27. The molecule has 31 heavy (non-hydrogen) atoms. The van der Waals surface area contributed by atoms with Crippen molar-refractivity contribution in [2.24, 2.45) is 28.0 Å². The van der Waals surface area contributed by atoms with Crippen molar-refractivity contribution in [2.75, 3.05) is 6.54 Å². The molecule has 160 valence electrons. The molecule has 7 nitrogen and oxygen atoms in total. The van der Waals surface area contributed by atoms with E-state index in [0.717, 1.165) is 42.3 Å². The van der Waals surface area contributed by atoms with E-state index in [1.54, 1.807) is 24.3 Å². The van der Waals surface area contributed by atoms with Crippen LogP contribution in [0.25, 0.3) is 11.4 Å². The Morgan fingerprint density at radius 3 is 2.55 bits per heavy atom. The summed E-state index contributed by atoms with van der Waals surface area (Å²) in [6, 6.07) is 7.19. The number of nitrogens with two attached hydrogens (primary N) is 1. The minimum absolute atomic E-state index is 0.257. The number of aryl methyl sites for hydroxylation is 1. The molecule has 1 aliphatic carbocycles. The minimum atomic E-state index is -4.47. The van der Waals surface area contributed by atoms with Gasteiger partial charge in [-0.3, -0.25) is 4.99 Å². The number of nitrogens with zero attached hydrogens (tertiary/aromatic N) is 6. The second kappa shape index (κ2) is 7.07. The van der Waals surface area contributed by atoms with Gasteiger partial charge in [-0.2, -0.15) is 28.5 Å². The van der Waals surface area contributed by atoms with Gasteiger partial charge in [-0.25, -0.2) is 4.98 Å². The fourth-order valence-corrected chi connectivity index (χ4v) is 4.13. The van der Waals surface area contributed by atoms with E-state index in [1.165, 1.54) is 10.1 Å². The van der Waals surface area contributed by atoms with Crippen molar-refractivity contribution >= 4 is 17.3 Å². The molecule has 0 fully saturated rings. The molecule has 2 aliphatic heterocycles. The number of hydrogen-bond donors (Lipinski definition) is 1. The first-order valence-electron chi connectivity index (χ1n) is 9.96. The van der Waals surface area contributed by atoms with E-state index in [-0.39, 0.29) is 5.82 Å². The molecule has 3 heterocycles. The Labute approximate surface area is 176 Å². The Balaban J connectivity index is 1.39. The first-order valence-corrected chi connectivity index (χ1v) is 9.96. The monoisotopic (exact) mass is 427 g/mol. The number of aliphatic imine (C=N–C) groups is 1. The molecular formula is C21H20F3N7. The molecule has 0 spiro atoms. The molecule has 0 saturated heterocycles. The van der Waals surface area contributed by atoms with Crippen LogP contribution in [0.3, 0.4) is 0 Å². The fourth-order valence-electron chi connectivity index (χ4n) is 4.13. The highest BCUT2D eigenvalue weighted by atomic mass is 19.4. The predicted molar refractivity (Wildman–Crippen MR) is 111 cm³/mol. The predicted octanol–water partition coefficient (Wildman–Crippen LogP) is 3.48. The van der Waals surface area contributed by atoms with E-state index in [0.29, 0.717) is 30.2 Å². The van der Waals surface area contributed by atoms with Crippen molar-refractivity contribution in [3.05, 3.63) is 52.9 Å². The van der Waals surface area contributed by atoms with E-state index in [9.17, 15) is 13.2 Å². The molecule has 0 radical (unpaired) electrons. The quantitative estimate of drug-likeness (QED) is 0.814. The van der Waals surface area contributed by atoms with Crippen molar-refractivity contribution in [1.29, 1.82) is 0 Å². The van der Waals surface area contributed by atoms with Crippen molar-refractivity contribution < 1.29 is 13.2 Å². The first-order chi connectivity index (χ1) is 14.8. The summed E-state index contributed by atoms with van der Waals surface area (Å²) in [6.45, 7) is 1.08. The molecule has 0 atom stereocenters. The third kappa shape index (κ3) is 3.51. The van der Waals surface area contributed by atoms with Crippen LogP contribution in [0.2, 0.25) is 0 Å². The van der Waals surface area contributed by atoms with E-state index in [2.05, 4.69) is 20.2 Å². The topological polar surface area (TPSA) is 84.2 Å². The summed E-state index contributed by atoms with van der Waals surface area (Å²) in [7, 11) is 1.55. The normalized spacial score (nSPS) is 18.5. The number of imidazole rings is 1. The molecule has 10 heteroatoms. The zero-order chi connectivity index (χ0) is 21.8. The average molecular weight is 427 g/mol. The van der Waals surface area contributed by atoms with Gasteiger partial charge >= 0.3 is 6.18 Å². The van der Waals surface area contributed by atoms with Gasteiger partial charge in [-0.05, 0) is 24.8 Å². The molecule has 1 aromatic carbocycles. The van der Waals surface area contributed by atoms with Crippen LogP contribution in [-0.2, 0) is 19.8 Å². The number of amidine groups is 1. The Bertz CT molecular complexity index is 1170. The molecule has 3 aliphatic rings. The second-order valence-electron chi connectivity index (χ2n) is 7.78. The van der Waals surface area contributed by atoms with Crippen LogP contribution in [0.1, 0.15) is 30.5 Å². The fraction of sp³-hybridized carbons (Fsp3) is 0.333. The summed E-state index contributed by atoms with van der Waals surface area (Å²) in [5.41, 5.74) is 10.8. The number of rotatable bonds is 3. The van der Waals surface area contributed by atoms with Gasteiger partial charge in [-0.1, -0.05) is 29.8 Å². The van der Waals surface area contributed by atoms with Crippen molar-refractivity contribution in [3.8, 4) is 11.4 Å². The smallest absolute Gasteiger partial charge is 0.382 e. The molecule has 0 unspecified atom stereocenters. The molecular weight excluding hydrogens is 407 g/mol. The van der Waals surface area contributed by atoms with Gasteiger partial charge in [-0.15, -0.1) is 0 Å². The molecule has 5 rings (SSSR count). The van der Waals surface area contributed by atoms with Gasteiger partial charge < -0.3 is 10.3 Å². The zero-order valence-corrected chi connectivity index (χ0v) is 16.8. The van der Waals surface area contributed by atoms with Gasteiger partial charge in [0.1, 0.15) is 17.4 Å². The Morgan fingerprint density at radius 1 is 1.06 bits per heavy atom. The minimum Gasteiger partial charge on any atom is -0.382 e. The number of aromatic nitrogens is 2. The Kier molecular flexibility index (Phi) is 4.45. The molecule has 0 bridgehead atoms. The lowest BCUT2D eigenvalue weighted by Gasteiger charge is -2.22. The summed E-state index contributed by atoms with van der Waals surface area (Å²) in [5, 5.41) is 10.9. The van der Waals surface area contributed by atoms with Crippen molar-refractivity contribution in [3.63, 3.8) is 0 Å². The Hall–Kier alpha value is -3.43. The number of hydrogen-bond acceptors (Lipinski definition) is 6. The summed E-state index contributed by atoms with van der Waals surface area (Å²) in [4.78, 5) is 8.13. The summed E-state index contributed by atoms with van der Waals surface area (Å²) < 4.78 is 40.2. The van der Waals surface area contributed by atoms with Crippen LogP contribution in [0, 0.1) is 0 Å². The van der Waals surface area contributed by atoms with Crippen molar-refractivity contribution in [2.45, 2.75) is 32.0 Å². The number of halogens is 3. The van der Waals surface area contributed by atoms with Gasteiger partial charge in [0.15, 0.2) is 5.69 Å². The zero-order valence-electron chi connectivity index (χ0n) is 16.8. The van der Waals surface area contributed by atoms with Gasteiger partial charge in [0.25, 0.3) is 0 Å². The second-order valence-corrected chi connectivity index (χ2v) is 7.78. The lowest BCUT2D eigenvalue weighted by Crippen LogP contribution is -2.33. The van der Waals surface area contributed by atoms with Crippen LogP contribution in [0.4, 0.5) is 13.2 Å². The summed E-state index contributed by atoms with van der Waals surface area (Å²) in [6.07, 6.45) is -0.768.